The van der Waals surface area contributed by atoms with Crippen LogP contribution in [-0.4, -0.2) is 28.6 Å². The molecule has 0 amide bonds. The van der Waals surface area contributed by atoms with Crippen LogP contribution in [0, 0.1) is 0 Å². The summed E-state index contributed by atoms with van der Waals surface area (Å²) in [7, 11) is 1.63. The summed E-state index contributed by atoms with van der Waals surface area (Å²) in [5.74, 6) is 0. The van der Waals surface area contributed by atoms with E-state index in [0.29, 0.717) is 29.4 Å². The van der Waals surface area contributed by atoms with E-state index in [4.69, 9.17) is 16.3 Å². The molecule has 1 aromatic heterocycles. The number of hydrogen-bond acceptors (Lipinski definition) is 3. The maximum Gasteiger partial charge on any atom is 0.123 e. The van der Waals surface area contributed by atoms with Gasteiger partial charge in [0, 0.05) is 17.7 Å². The number of aliphatic hydroxyl groups is 1. The van der Waals surface area contributed by atoms with Gasteiger partial charge in [0.05, 0.1) is 29.5 Å². The van der Waals surface area contributed by atoms with Gasteiger partial charge in [-0.2, -0.15) is 5.10 Å². The number of halogens is 2. The van der Waals surface area contributed by atoms with Crippen molar-refractivity contribution in [2.75, 3.05) is 13.7 Å². The average Bonchev–Trinajstić information content (AvgIpc) is 2.77. The van der Waals surface area contributed by atoms with Crippen LogP contribution in [0.1, 0.15) is 17.4 Å². The molecule has 0 saturated heterocycles. The van der Waals surface area contributed by atoms with Gasteiger partial charge in [0.2, 0.25) is 0 Å². The highest BCUT2D eigenvalue weighted by atomic mass is 79.9. The van der Waals surface area contributed by atoms with Crippen LogP contribution < -0.4 is 0 Å². The summed E-state index contributed by atoms with van der Waals surface area (Å²) in [4.78, 5) is 0. The van der Waals surface area contributed by atoms with Crippen LogP contribution >= 0.6 is 27.5 Å². The van der Waals surface area contributed by atoms with Crippen molar-refractivity contribution in [1.29, 1.82) is 0 Å². The molecule has 19 heavy (non-hydrogen) atoms. The summed E-state index contributed by atoms with van der Waals surface area (Å²) in [6.07, 6.45) is 0.827. The molecule has 0 aliphatic carbocycles. The number of rotatable bonds is 5. The predicted molar refractivity (Wildman–Crippen MR) is 77.3 cm³/mol. The Bertz CT molecular complexity index is 559. The van der Waals surface area contributed by atoms with Crippen LogP contribution in [0.2, 0.25) is 5.02 Å². The quantitative estimate of drug-likeness (QED) is 0.906. The highest BCUT2D eigenvalue weighted by Crippen LogP contribution is 2.32. The molecule has 4 nitrogen and oxygen atoms in total. The van der Waals surface area contributed by atoms with E-state index in [2.05, 4.69) is 21.0 Å². The second kappa shape index (κ2) is 6.52. The highest BCUT2D eigenvalue weighted by Gasteiger charge is 2.21. The van der Waals surface area contributed by atoms with Crippen LogP contribution in [-0.2, 0) is 11.3 Å². The molecule has 6 heteroatoms. The smallest absolute Gasteiger partial charge is 0.123 e. The SMILES string of the molecule is COCCn1ncc(Br)c1C(O)c1ccccc1Cl. The lowest BCUT2D eigenvalue weighted by atomic mass is 10.1. The number of ether oxygens (including phenoxy) is 1. The minimum atomic E-state index is -0.831. The Morgan fingerprint density at radius 1 is 1.47 bits per heavy atom. The molecular formula is C13H14BrClN2O2. The Labute approximate surface area is 125 Å². The van der Waals surface area contributed by atoms with Gasteiger partial charge < -0.3 is 9.84 Å². The molecule has 0 aliphatic rings. The van der Waals surface area contributed by atoms with Gasteiger partial charge >= 0.3 is 0 Å². The van der Waals surface area contributed by atoms with Gasteiger partial charge in [-0.05, 0) is 22.0 Å². The molecule has 0 saturated carbocycles. The fourth-order valence-electron chi connectivity index (χ4n) is 1.84. The molecule has 1 N–H and O–H groups in total. The number of hydrogen-bond donors (Lipinski definition) is 1. The largest absolute Gasteiger partial charge is 0.383 e. The summed E-state index contributed by atoms with van der Waals surface area (Å²) >= 11 is 9.52. The first-order valence-corrected chi connectivity index (χ1v) is 6.95. The van der Waals surface area contributed by atoms with Crippen LogP contribution in [0.4, 0.5) is 0 Å². The zero-order chi connectivity index (χ0) is 13.8. The molecule has 1 heterocycles. The van der Waals surface area contributed by atoms with E-state index in [1.807, 2.05) is 12.1 Å². The van der Waals surface area contributed by atoms with Gasteiger partial charge in [-0.25, -0.2) is 0 Å². The van der Waals surface area contributed by atoms with Crippen molar-refractivity contribution in [3.05, 3.63) is 51.2 Å². The zero-order valence-electron chi connectivity index (χ0n) is 10.4. The Kier molecular flexibility index (Phi) is 4.99. The molecule has 2 rings (SSSR count). The van der Waals surface area contributed by atoms with Crippen molar-refractivity contribution in [2.24, 2.45) is 0 Å². The predicted octanol–water partition coefficient (Wildman–Crippen LogP) is 3.03. The molecular weight excluding hydrogens is 332 g/mol. The summed E-state index contributed by atoms with van der Waals surface area (Å²) in [6, 6.07) is 7.22. The number of methoxy groups -OCH3 is 1. The Hall–Kier alpha value is -0.880. The van der Waals surface area contributed by atoms with Crippen LogP contribution in [0.5, 0.6) is 0 Å². The third kappa shape index (κ3) is 3.17. The molecule has 1 aromatic carbocycles. The number of aromatic nitrogens is 2. The molecule has 0 aliphatic heterocycles. The Morgan fingerprint density at radius 2 is 2.21 bits per heavy atom. The summed E-state index contributed by atoms with van der Waals surface area (Å²) in [5, 5.41) is 15.3. The Morgan fingerprint density at radius 3 is 2.89 bits per heavy atom. The fraction of sp³-hybridized carbons (Fsp3) is 0.308. The maximum atomic E-state index is 10.5. The van der Waals surface area contributed by atoms with Gasteiger partial charge in [0.15, 0.2) is 0 Å². The molecule has 0 radical (unpaired) electrons. The minimum absolute atomic E-state index is 0.524. The third-order valence-corrected chi connectivity index (χ3v) is 3.75. The van der Waals surface area contributed by atoms with Gasteiger partial charge in [-0.3, -0.25) is 4.68 Å². The topological polar surface area (TPSA) is 47.3 Å². The summed E-state index contributed by atoms with van der Waals surface area (Å²) in [5.41, 5.74) is 1.33. The third-order valence-electron chi connectivity index (χ3n) is 2.80. The van der Waals surface area contributed by atoms with E-state index in [1.54, 1.807) is 30.1 Å². The van der Waals surface area contributed by atoms with Crippen molar-refractivity contribution in [1.82, 2.24) is 9.78 Å². The lowest BCUT2D eigenvalue weighted by Crippen LogP contribution is -2.13. The maximum absolute atomic E-state index is 10.5. The van der Waals surface area contributed by atoms with E-state index >= 15 is 0 Å². The first-order chi connectivity index (χ1) is 9.15. The fourth-order valence-corrected chi connectivity index (χ4v) is 2.60. The molecule has 0 bridgehead atoms. The zero-order valence-corrected chi connectivity index (χ0v) is 12.7. The van der Waals surface area contributed by atoms with E-state index in [0.717, 1.165) is 4.47 Å². The molecule has 0 spiro atoms. The molecule has 1 unspecified atom stereocenters. The van der Waals surface area contributed by atoms with Gasteiger partial charge in [-0.15, -0.1) is 0 Å². The first-order valence-electron chi connectivity index (χ1n) is 5.77. The van der Waals surface area contributed by atoms with Gasteiger partial charge in [0.1, 0.15) is 6.10 Å². The highest BCUT2D eigenvalue weighted by molar-refractivity contribution is 9.10. The van der Waals surface area contributed by atoms with Crippen molar-refractivity contribution < 1.29 is 9.84 Å². The first kappa shape index (κ1) is 14.5. The van der Waals surface area contributed by atoms with E-state index < -0.39 is 6.10 Å². The number of benzene rings is 1. The average molecular weight is 346 g/mol. The second-order valence-electron chi connectivity index (χ2n) is 4.02. The van der Waals surface area contributed by atoms with E-state index in [9.17, 15) is 5.11 Å². The van der Waals surface area contributed by atoms with E-state index in [-0.39, 0.29) is 0 Å². The van der Waals surface area contributed by atoms with Crippen LogP contribution in [0.3, 0.4) is 0 Å². The molecule has 0 fully saturated rings. The lowest BCUT2D eigenvalue weighted by molar-refractivity contribution is 0.171. The minimum Gasteiger partial charge on any atom is -0.383 e. The number of nitrogens with zero attached hydrogens (tertiary/aromatic N) is 2. The second-order valence-corrected chi connectivity index (χ2v) is 5.28. The van der Waals surface area contributed by atoms with Crippen molar-refractivity contribution in [3.8, 4) is 0 Å². The van der Waals surface area contributed by atoms with E-state index in [1.165, 1.54) is 0 Å². The lowest BCUT2D eigenvalue weighted by Gasteiger charge is -2.15. The van der Waals surface area contributed by atoms with Crippen molar-refractivity contribution in [3.63, 3.8) is 0 Å². The van der Waals surface area contributed by atoms with Crippen LogP contribution in [0.25, 0.3) is 0 Å². The number of aliphatic hydroxyl groups excluding tert-OH is 1. The van der Waals surface area contributed by atoms with Crippen molar-refractivity contribution >= 4 is 27.5 Å². The Balaban J connectivity index is 2.35. The van der Waals surface area contributed by atoms with Crippen LogP contribution in [0.15, 0.2) is 34.9 Å². The normalized spacial score (nSPS) is 12.6. The van der Waals surface area contributed by atoms with Crippen molar-refractivity contribution in [2.45, 2.75) is 12.6 Å². The molecule has 102 valence electrons. The standard InChI is InChI=1S/C13H14BrClN2O2/c1-19-7-6-17-12(10(14)8-16-17)13(18)9-4-2-3-5-11(9)15/h2-5,8,13,18H,6-7H2,1H3. The summed E-state index contributed by atoms with van der Waals surface area (Å²) in [6.45, 7) is 1.09. The molecule has 1 atom stereocenters. The van der Waals surface area contributed by atoms with Gasteiger partial charge in [-0.1, -0.05) is 29.8 Å². The molecule has 2 aromatic rings. The summed E-state index contributed by atoms with van der Waals surface area (Å²) < 4.78 is 7.49. The monoisotopic (exact) mass is 344 g/mol. The van der Waals surface area contributed by atoms with Gasteiger partial charge in [0.25, 0.3) is 0 Å².